The van der Waals surface area contributed by atoms with Crippen LogP contribution >= 0.6 is 0 Å². The second-order valence-corrected chi connectivity index (χ2v) is 5.42. The molecular formula is C17H22O2. The number of benzene rings is 1. The number of rotatable bonds is 2. The Morgan fingerprint density at radius 1 is 0.895 bits per heavy atom. The molecule has 0 atom stereocenters. The molecule has 0 aromatic heterocycles. The lowest BCUT2D eigenvalue weighted by atomic mass is 10.0. The van der Waals surface area contributed by atoms with Crippen molar-refractivity contribution >= 4 is 6.08 Å². The molecule has 2 heteroatoms. The van der Waals surface area contributed by atoms with Gasteiger partial charge in [-0.1, -0.05) is 48.8 Å². The summed E-state index contributed by atoms with van der Waals surface area (Å²) in [6, 6.07) is 8.47. The van der Waals surface area contributed by atoms with Crippen LogP contribution in [0.4, 0.5) is 0 Å². The van der Waals surface area contributed by atoms with Crippen molar-refractivity contribution in [1.82, 2.24) is 0 Å². The van der Waals surface area contributed by atoms with E-state index >= 15 is 0 Å². The van der Waals surface area contributed by atoms with Gasteiger partial charge >= 0.3 is 0 Å². The molecule has 1 saturated carbocycles. The molecular weight excluding hydrogens is 236 g/mol. The summed E-state index contributed by atoms with van der Waals surface area (Å²) in [4.78, 5) is 0. The van der Waals surface area contributed by atoms with Crippen molar-refractivity contribution in [2.24, 2.45) is 0 Å². The summed E-state index contributed by atoms with van der Waals surface area (Å²) >= 11 is 0. The Morgan fingerprint density at radius 2 is 1.58 bits per heavy atom. The van der Waals surface area contributed by atoms with Crippen molar-refractivity contribution in [2.75, 3.05) is 13.2 Å². The molecule has 0 unspecified atom stereocenters. The van der Waals surface area contributed by atoms with Gasteiger partial charge in [0.05, 0.1) is 13.2 Å². The third-order valence-corrected chi connectivity index (χ3v) is 3.98. The van der Waals surface area contributed by atoms with E-state index < -0.39 is 0 Å². The van der Waals surface area contributed by atoms with E-state index in [0.29, 0.717) is 13.2 Å². The van der Waals surface area contributed by atoms with Gasteiger partial charge in [0.1, 0.15) is 0 Å². The van der Waals surface area contributed by atoms with Crippen LogP contribution in [0.5, 0.6) is 0 Å². The van der Waals surface area contributed by atoms with Gasteiger partial charge in [0.2, 0.25) is 0 Å². The number of ether oxygens (including phenoxy) is 2. The Kier molecular flexibility index (Phi) is 4.31. The molecule has 102 valence electrons. The first-order chi connectivity index (χ1) is 9.43. The fourth-order valence-corrected chi connectivity index (χ4v) is 2.94. The van der Waals surface area contributed by atoms with Crippen molar-refractivity contribution in [3.63, 3.8) is 0 Å². The quantitative estimate of drug-likeness (QED) is 0.729. The second-order valence-electron chi connectivity index (χ2n) is 5.42. The largest absolute Gasteiger partial charge is 0.346 e. The third kappa shape index (κ3) is 3.26. The minimum Gasteiger partial charge on any atom is -0.346 e. The zero-order valence-electron chi connectivity index (χ0n) is 11.4. The molecule has 0 N–H and O–H groups in total. The zero-order valence-corrected chi connectivity index (χ0v) is 11.4. The molecule has 3 rings (SSSR count). The number of allylic oxidation sites excluding steroid dienone is 1. The first-order valence-corrected chi connectivity index (χ1v) is 7.45. The maximum Gasteiger partial charge on any atom is 0.184 e. The highest BCUT2D eigenvalue weighted by atomic mass is 16.7. The average Bonchev–Trinajstić information content (AvgIpc) is 2.85. The van der Waals surface area contributed by atoms with Crippen molar-refractivity contribution in [2.45, 2.75) is 44.8 Å². The van der Waals surface area contributed by atoms with Crippen LogP contribution in [0.3, 0.4) is 0 Å². The Labute approximate surface area is 115 Å². The van der Waals surface area contributed by atoms with E-state index in [4.69, 9.17) is 9.47 Å². The van der Waals surface area contributed by atoms with Gasteiger partial charge in [-0.05, 0) is 31.2 Å². The molecule has 1 heterocycles. The number of hydrogen-bond acceptors (Lipinski definition) is 2. The molecule has 1 aromatic rings. The summed E-state index contributed by atoms with van der Waals surface area (Å²) in [5, 5.41) is 0. The summed E-state index contributed by atoms with van der Waals surface area (Å²) in [5.41, 5.74) is 4.03. The highest BCUT2D eigenvalue weighted by Gasteiger charge is 2.20. The van der Waals surface area contributed by atoms with Gasteiger partial charge in [-0.3, -0.25) is 0 Å². The molecule has 2 nitrogen and oxygen atoms in total. The lowest BCUT2D eigenvalue weighted by Crippen LogP contribution is -2.00. The predicted octanol–water partition coefficient (Wildman–Crippen LogP) is 4.47. The molecule has 1 aliphatic carbocycles. The Bertz CT molecular complexity index is 434. The molecule has 0 bridgehead atoms. The molecule has 1 aliphatic heterocycles. The summed E-state index contributed by atoms with van der Waals surface area (Å²) in [7, 11) is 0. The third-order valence-electron chi connectivity index (χ3n) is 3.98. The highest BCUT2D eigenvalue weighted by Crippen LogP contribution is 2.30. The lowest BCUT2D eigenvalue weighted by Gasteiger charge is -2.13. The number of hydrogen-bond donors (Lipinski definition) is 0. The topological polar surface area (TPSA) is 18.5 Å². The van der Waals surface area contributed by atoms with Gasteiger partial charge in [0.25, 0.3) is 0 Å². The van der Waals surface area contributed by atoms with Crippen molar-refractivity contribution in [1.29, 1.82) is 0 Å². The highest BCUT2D eigenvalue weighted by molar-refractivity contribution is 5.57. The lowest BCUT2D eigenvalue weighted by molar-refractivity contribution is -0.0442. The molecule has 1 saturated heterocycles. The minimum absolute atomic E-state index is 0.168. The molecule has 1 aromatic carbocycles. The van der Waals surface area contributed by atoms with Gasteiger partial charge in [0, 0.05) is 5.56 Å². The van der Waals surface area contributed by atoms with Gasteiger partial charge in [-0.15, -0.1) is 0 Å². The summed E-state index contributed by atoms with van der Waals surface area (Å²) in [6.45, 7) is 1.41. The van der Waals surface area contributed by atoms with Crippen LogP contribution in [0.2, 0.25) is 0 Å². The van der Waals surface area contributed by atoms with Gasteiger partial charge in [-0.2, -0.15) is 0 Å². The van der Waals surface area contributed by atoms with Gasteiger partial charge in [-0.25, -0.2) is 0 Å². The van der Waals surface area contributed by atoms with E-state index in [-0.39, 0.29) is 6.29 Å². The van der Waals surface area contributed by atoms with Crippen molar-refractivity contribution in [3.05, 3.63) is 41.0 Å². The van der Waals surface area contributed by atoms with Crippen LogP contribution < -0.4 is 0 Å². The van der Waals surface area contributed by atoms with E-state index in [9.17, 15) is 0 Å². The molecule has 2 fully saturated rings. The van der Waals surface area contributed by atoms with Crippen LogP contribution in [-0.2, 0) is 9.47 Å². The molecule has 0 amide bonds. The maximum atomic E-state index is 5.64. The first kappa shape index (κ1) is 12.9. The zero-order chi connectivity index (χ0) is 12.9. The van der Waals surface area contributed by atoms with Crippen LogP contribution in [-0.4, -0.2) is 13.2 Å². The van der Waals surface area contributed by atoms with E-state index in [1.165, 1.54) is 49.7 Å². The minimum atomic E-state index is -0.168. The van der Waals surface area contributed by atoms with Crippen molar-refractivity contribution in [3.8, 4) is 0 Å². The molecule has 0 spiro atoms. The monoisotopic (exact) mass is 258 g/mol. The summed E-state index contributed by atoms with van der Waals surface area (Å²) in [5.74, 6) is 0. The van der Waals surface area contributed by atoms with Gasteiger partial charge in [0.15, 0.2) is 6.29 Å². The normalized spacial score (nSPS) is 21.4. The average molecular weight is 258 g/mol. The van der Waals surface area contributed by atoms with Crippen LogP contribution in [0, 0.1) is 0 Å². The standard InChI is InChI=1S/C17H22O2/c1-2-4-8-14(7-3-1)13-15-9-5-6-10-16(15)17-18-11-12-19-17/h5-6,9-10,13,17H,1-4,7-8,11-12H2. The molecule has 0 radical (unpaired) electrons. The molecule has 2 aliphatic rings. The summed E-state index contributed by atoms with van der Waals surface area (Å²) < 4.78 is 11.3. The van der Waals surface area contributed by atoms with Gasteiger partial charge < -0.3 is 9.47 Å². The SMILES string of the molecule is C(=C1CCCCCC1)c1ccccc1C1OCCO1. The maximum absolute atomic E-state index is 5.64. The van der Waals surface area contributed by atoms with Crippen LogP contribution in [0.15, 0.2) is 29.8 Å². The van der Waals surface area contributed by atoms with E-state index in [1.807, 2.05) is 0 Å². The van der Waals surface area contributed by atoms with E-state index in [1.54, 1.807) is 5.57 Å². The van der Waals surface area contributed by atoms with E-state index in [2.05, 4.69) is 30.3 Å². The Hall–Kier alpha value is -1.12. The fourth-order valence-electron chi connectivity index (χ4n) is 2.94. The van der Waals surface area contributed by atoms with Crippen LogP contribution in [0.1, 0.15) is 55.9 Å². The fraction of sp³-hybridized carbons (Fsp3) is 0.529. The summed E-state index contributed by atoms with van der Waals surface area (Å²) in [6.07, 6.45) is 10.1. The van der Waals surface area contributed by atoms with Crippen molar-refractivity contribution < 1.29 is 9.47 Å². The molecule has 19 heavy (non-hydrogen) atoms. The second kappa shape index (κ2) is 6.36. The predicted molar refractivity (Wildman–Crippen MR) is 76.8 cm³/mol. The van der Waals surface area contributed by atoms with E-state index in [0.717, 1.165) is 0 Å². The first-order valence-electron chi connectivity index (χ1n) is 7.45. The Morgan fingerprint density at radius 3 is 2.32 bits per heavy atom. The smallest absolute Gasteiger partial charge is 0.184 e. The van der Waals surface area contributed by atoms with Crippen LogP contribution in [0.25, 0.3) is 6.08 Å². The Balaban J connectivity index is 1.84.